The SMILES string of the molecule is CC(C)C1C(CC(C)C23CC(CN2CC(F)F)C3)CCN1C(=O)C1CC1. The van der Waals surface area contributed by atoms with Gasteiger partial charge in [-0.3, -0.25) is 9.69 Å². The Morgan fingerprint density at radius 3 is 2.42 bits per heavy atom. The lowest BCUT2D eigenvalue weighted by Gasteiger charge is -2.48. The van der Waals surface area contributed by atoms with Crippen LogP contribution in [0.4, 0.5) is 8.78 Å². The molecule has 3 unspecified atom stereocenters. The van der Waals surface area contributed by atoms with Gasteiger partial charge in [-0.2, -0.15) is 0 Å². The second-order valence-electron chi connectivity index (χ2n) is 9.90. The van der Waals surface area contributed by atoms with E-state index in [0.717, 1.165) is 51.6 Å². The number of halogens is 2. The fraction of sp³-hybridized carbons (Fsp3) is 0.952. The zero-order valence-corrected chi connectivity index (χ0v) is 16.5. The molecule has 0 aromatic carbocycles. The lowest BCUT2D eigenvalue weighted by molar-refractivity contribution is -0.134. The van der Waals surface area contributed by atoms with Crippen molar-refractivity contribution in [2.24, 2.45) is 29.6 Å². The van der Waals surface area contributed by atoms with Crippen molar-refractivity contribution in [3.63, 3.8) is 0 Å². The molecular formula is C21H34F2N2O. The summed E-state index contributed by atoms with van der Waals surface area (Å²) in [5, 5.41) is 0. The largest absolute Gasteiger partial charge is 0.339 e. The molecule has 148 valence electrons. The van der Waals surface area contributed by atoms with Gasteiger partial charge in [0.2, 0.25) is 5.91 Å². The molecule has 26 heavy (non-hydrogen) atoms. The van der Waals surface area contributed by atoms with Crippen molar-refractivity contribution in [1.82, 2.24) is 9.80 Å². The summed E-state index contributed by atoms with van der Waals surface area (Å²) in [6.45, 7) is 8.44. The van der Waals surface area contributed by atoms with Gasteiger partial charge in [0.25, 0.3) is 6.43 Å². The molecule has 3 saturated heterocycles. The third-order valence-corrected chi connectivity index (χ3v) is 7.80. The van der Waals surface area contributed by atoms with Crippen LogP contribution in [0, 0.1) is 29.6 Å². The standard InChI is InChI=1S/C21H34F2N2O/c1-13(2)19-17(6-7-25(19)20(26)16-4-5-16)8-14(3)21-9-15(10-21)11-24(21)12-18(22)23/h13-19H,4-12H2,1-3H3. The van der Waals surface area contributed by atoms with E-state index in [4.69, 9.17) is 0 Å². The minimum atomic E-state index is -2.24. The smallest absolute Gasteiger partial charge is 0.251 e. The third-order valence-electron chi connectivity index (χ3n) is 7.80. The Morgan fingerprint density at radius 1 is 1.15 bits per heavy atom. The molecule has 3 aliphatic heterocycles. The Hall–Kier alpha value is -0.710. The number of rotatable bonds is 7. The van der Waals surface area contributed by atoms with Crippen LogP contribution in [0.5, 0.6) is 0 Å². The molecule has 0 radical (unpaired) electrons. The second-order valence-corrected chi connectivity index (χ2v) is 9.90. The number of alkyl halides is 2. The van der Waals surface area contributed by atoms with Gasteiger partial charge in [-0.25, -0.2) is 8.78 Å². The first-order chi connectivity index (χ1) is 12.3. The van der Waals surface area contributed by atoms with Crippen LogP contribution in [-0.2, 0) is 4.79 Å². The Labute approximate surface area is 156 Å². The monoisotopic (exact) mass is 368 g/mol. The van der Waals surface area contributed by atoms with Crippen LogP contribution in [0.2, 0.25) is 0 Å². The van der Waals surface area contributed by atoms with Crippen molar-refractivity contribution in [3.8, 4) is 0 Å². The summed E-state index contributed by atoms with van der Waals surface area (Å²) in [4.78, 5) is 17.0. The molecule has 0 aromatic heterocycles. The van der Waals surface area contributed by atoms with Gasteiger partial charge >= 0.3 is 0 Å². The van der Waals surface area contributed by atoms with Crippen molar-refractivity contribution in [1.29, 1.82) is 0 Å². The molecule has 5 fully saturated rings. The van der Waals surface area contributed by atoms with Gasteiger partial charge < -0.3 is 4.90 Å². The maximum atomic E-state index is 13.0. The molecule has 5 aliphatic rings. The highest BCUT2D eigenvalue weighted by Crippen LogP contribution is 2.56. The summed E-state index contributed by atoms with van der Waals surface area (Å²) in [6, 6.07) is 0.336. The fourth-order valence-corrected chi connectivity index (χ4v) is 6.49. The van der Waals surface area contributed by atoms with E-state index < -0.39 is 6.43 Å². The van der Waals surface area contributed by atoms with Crippen LogP contribution in [0.25, 0.3) is 0 Å². The molecule has 2 saturated carbocycles. The van der Waals surface area contributed by atoms with Crippen molar-refractivity contribution >= 4 is 5.91 Å². The number of nitrogens with zero attached hydrogens (tertiary/aromatic N) is 2. The average molecular weight is 369 g/mol. The second kappa shape index (κ2) is 6.72. The highest BCUT2D eigenvalue weighted by molar-refractivity contribution is 5.81. The molecule has 3 heterocycles. The van der Waals surface area contributed by atoms with Crippen LogP contribution in [0.1, 0.15) is 59.3 Å². The maximum Gasteiger partial charge on any atom is 0.251 e. The Morgan fingerprint density at radius 2 is 1.85 bits per heavy atom. The summed E-state index contributed by atoms with van der Waals surface area (Å²) in [5.74, 6) is 2.71. The molecule has 0 N–H and O–H groups in total. The zero-order valence-electron chi connectivity index (χ0n) is 16.5. The molecule has 3 atom stereocenters. The van der Waals surface area contributed by atoms with E-state index in [9.17, 15) is 13.6 Å². The first-order valence-corrected chi connectivity index (χ1v) is 10.7. The van der Waals surface area contributed by atoms with E-state index in [1.807, 2.05) is 0 Å². The first-order valence-electron chi connectivity index (χ1n) is 10.7. The summed E-state index contributed by atoms with van der Waals surface area (Å²) >= 11 is 0. The van der Waals surface area contributed by atoms with Gasteiger partial charge in [0.15, 0.2) is 0 Å². The predicted octanol–water partition coefficient (Wildman–Crippen LogP) is 4.03. The Bertz CT molecular complexity index is 542. The van der Waals surface area contributed by atoms with Crippen LogP contribution < -0.4 is 0 Å². The number of likely N-dealkylation sites (tertiary alicyclic amines) is 1. The summed E-state index contributed by atoms with van der Waals surface area (Å²) in [7, 11) is 0. The van der Waals surface area contributed by atoms with E-state index in [1.54, 1.807) is 0 Å². The highest BCUT2D eigenvalue weighted by Gasteiger charge is 2.59. The summed E-state index contributed by atoms with van der Waals surface area (Å²) in [5.41, 5.74) is 0.0105. The molecular weight excluding hydrogens is 334 g/mol. The number of hydrogen-bond acceptors (Lipinski definition) is 2. The van der Waals surface area contributed by atoms with E-state index in [2.05, 4.69) is 30.6 Å². The minimum Gasteiger partial charge on any atom is -0.339 e. The molecule has 1 amide bonds. The number of fused-ring (bicyclic) bond motifs is 1. The van der Waals surface area contributed by atoms with Gasteiger partial charge in [-0.15, -0.1) is 0 Å². The number of amides is 1. The molecule has 2 aliphatic carbocycles. The van der Waals surface area contributed by atoms with E-state index in [0.29, 0.717) is 35.6 Å². The van der Waals surface area contributed by atoms with Crippen molar-refractivity contribution in [3.05, 3.63) is 0 Å². The van der Waals surface area contributed by atoms with Gasteiger partial charge in [-0.05, 0) is 62.2 Å². The van der Waals surface area contributed by atoms with Gasteiger partial charge in [0.05, 0.1) is 6.54 Å². The van der Waals surface area contributed by atoms with E-state index >= 15 is 0 Å². The van der Waals surface area contributed by atoms with Crippen LogP contribution >= 0.6 is 0 Å². The maximum absolute atomic E-state index is 13.0. The summed E-state index contributed by atoms with van der Waals surface area (Å²) < 4.78 is 26.0. The molecule has 5 heteroatoms. The van der Waals surface area contributed by atoms with Gasteiger partial charge in [-0.1, -0.05) is 20.8 Å². The first kappa shape index (κ1) is 18.6. The van der Waals surface area contributed by atoms with Crippen LogP contribution in [0.15, 0.2) is 0 Å². The lowest BCUT2D eigenvalue weighted by atomic mass is 9.64. The fourth-order valence-electron chi connectivity index (χ4n) is 6.49. The van der Waals surface area contributed by atoms with Gasteiger partial charge in [0.1, 0.15) is 0 Å². The predicted molar refractivity (Wildman–Crippen MR) is 98.0 cm³/mol. The van der Waals surface area contributed by atoms with Crippen LogP contribution in [-0.4, -0.2) is 53.3 Å². The highest BCUT2D eigenvalue weighted by atomic mass is 19.3. The van der Waals surface area contributed by atoms with Crippen molar-refractivity contribution in [2.75, 3.05) is 19.6 Å². The normalized spacial score (nSPS) is 38.3. The Balaban J connectivity index is 1.43. The number of hydrogen-bond donors (Lipinski definition) is 0. The molecule has 2 bridgehead atoms. The number of carbonyl (C=O) groups excluding carboxylic acids is 1. The quantitative estimate of drug-likeness (QED) is 0.677. The molecule has 3 nitrogen and oxygen atoms in total. The van der Waals surface area contributed by atoms with E-state index in [1.165, 1.54) is 0 Å². The van der Waals surface area contributed by atoms with Gasteiger partial charge in [0, 0.05) is 30.6 Å². The third kappa shape index (κ3) is 3.08. The van der Waals surface area contributed by atoms with Crippen molar-refractivity contribution in [2.45, 2.75) is 77.3 Å². The zero-order chi connectivity index (χ0) is 18.6. The Kier molecular flexibility index (Phi) is 4.82. The van der Waals surface area contributed by atoms with Crippen LogP contribution in [0.3, 0.4) is 0 Å². The molecule has 0 spiro atoms. The molecule has 5 rings (SSSR count). The molecule has 0 aromatic rings. The minimum absolute atomic E-state index is 0.0105. The average Bonchev–Trinajstić information content (AvgIpc) is 3.07. The summed E-state index contributed by atoms with van der Waals surface area (Å²) in [6.07, 6.45) is 4.25. The number of carbonyl (C=O) groups is 1. The lowest BCUT2D eigenvalue weighted by Crippen LogP contribution is -2.53. The topological polar surface area (TPSA) is 23.6 Å². The van der Waals surface area contributed by atoms with E-state index in [-0.39, 0.29) is 18.0 Å². The van der Waals surface area contributed by atoms with Crippen molar-refractivity contribution < 1.29 is 13.6 Å².